The largest absolute Gasteiger partial charge is 0.481 e. The minimum atomic E-state index is -4.47. The van der Waals surface area contributed by atoms with Crippen molar-refractivity contribution < 1.29 is 32.6 Å². The molecule has 9 heteroatoms. The van der Waals surface area contributed by atoms with E-state index in [0.29, 0.717) is 6.54 Å². The van der Waals surface area contributed by atoms with Gasteiger partial charge in [0, 0.05) is 6.04 Å². The molecule has 2 unspecified atom stereocenters. The molecule has 1 aliphatic heterocycles. The third kappa shape index (κ3) is 4.97. The highest BCUT2D eigenvalue weighted by Gasteiger charge is 2.38. The summed E-state index contributed by atoms with van der Waals surface area (Å²) in [7, 11) is 0. The molecule has 0 aromatic carbocycles. The zero-order valence-electron chi connectivity index (χ0n) is 10.9. The van der Waals surface area contributed by atoms with E-state index in [0.717, 1.165) is 0 Å². The van der Waals surface area contributed by atoms with Crippen LogP contribution in [0.25, 0.3) is 0 Å². The Balaban J connectivity index is 2.54. The summed E-state index contributed by atoms with van der Waals surface area (Å²) >= 11 is 0. The van der Waals surface area contributed by atoms with E-state index in [1.807, 2.05) is 0 Å². The second kappa shape index (κ2) is 6.89. The van der Waals surface area contributed by atoms with Crippen molar-refractivity contribution in [3.63, 3.8) is 0 Å². The first-order valence-corrected chi connectivity index (χ1v) is 6.12. The molecule has 2 N–H and O–H groups in total. The Kier molecular flexibility index (Phi) is 5.75. The number of carbonyl (C=O) groups excluding carboxylic acids is 1. The number of alkyl halides is 3. The standard InChI is InChI=1S/C11H17F3N2O4/c1-2-16(3-9(17)15-6-11(12,13)14)8-5-20-4-7(8)10(18)19/h7-8H,2-6H2,1H3,(H,15,17)(H,18,19). The molecule has 0 radical (unpaired) electrons. The Bertz CT molecular complexity index is 362. The van der Waals surface area contributed by atoms with Gasteiger partial charge in [-0.05, 0) is 6.54 Å². The van der Waals surface area contributed by atoms with Crippen LogP contribution in [-0.4, -0.2) is 66.9 Å². The Morgan fingerprint density at radius 1 is 1.40 bits per heavy atom. The van der Waals surface area contributed by atoms with Crippen LogP contribution in [0.4, 0.5) is 13.2 Å². The van der Waals surface area contributed by atoms with Crippen LogP contribution in [0, 0.1) is 5.92 Å². The van der Waals surface area contributed by atoms with Gasteiger partial charge in [0.1, 0.15) is 6.54 Å². The zero-order valence-corrected chi connectivity index (χ0v) is 10.9. The topological polar surface area (TPSA) is 78.9 Å². The van der Waals surface area contributed by atoms with Gasteiger partial charge in [0.2, 0.25) is 5.91 Å². The zero-order chi connectivity index (χ0) is 15.3. The maximum Gasteiger partial charge on any atom is 0.405 e. The van der Waals surface area contributed by atoms with Gasteiger partial charge in [0.25, 0.3) is 0 Å². The Morgan fingerprint density at radius 2 is 2.05 bits per heavy atom. The van der Waals surface area contributed by atoms with Crippen molar-refractivity contribution in [3.8, 4) is 0 Å². The van der Waals surface area contributed by atoms with Crippen LogP contribution in [0.3, 0.4) is 0 Å². The lowest BCUT2D eigenvalue weighted by molar-refractivity contribution is -0.144. The summed E-state index contributed by atoms with van der Waals surface area (Å²) in [6.45, 7) is 0.556. The lowest BCUT2D eigenvalue weighted by atomic mass is 10.0. The second-order valence-electron chi connectivity index (χ2n) is 4.50. The Hall–Kier alpha value is -1.35. The van der Waals surface area contributed by atoms with Gasteiger partial charge in [-0.25, -0.2) is 0 Å². The third-order valence-corrected chi connectivity index (χ3v) is 3.08. The van der Waals surface area contributed by atoms with E-state index < -0.39 is 36.6 Å². The van der Waals surface area contributed by atoms with Gasteiger partial charge in [0.05, 0.1) is 25.7 Å². The van der Waals surface area contributed by atoms with Crippen LogP contribution in [0.2, 0.25) is 0 Å². The van der Waals surface area contributed by atoms with E-state index in [-0.39, 0.29) is 19.8 Å². The van der Waals surface area contributed by atoms with Crippen LogP contribution in [0.1, 0.15) is 6.92 Å². The van der Waals surface area contributed by atoms with Gasteiger partial charge in [-0.15, -0.1) is 0 Å². The van der Waals surface area contributed by atoms with Crippen LogP contribution < -0.4 is 5.32 Å². The van der Waals surface area contributed by atoms with Gasteiger partial charge in [-0.1, -0.05) is 6.92 Å². The Morgan fingerprint density at radius 3 is 2.55 bits per heavy atom. The highest BCUT2D eigenvalue weighted by molar-refractivity contribution is 5.78. The van der Waals surface area contributed by atoms with Crippen molar-refractivity contribution in [1.29, 1.82) is 0 Å². The number of nitrogens with zero attached hydrogens (tertiary/aromatic N) is 1. The highest BCUT2D eigenvalue weighted by atomic mass is 19.4. The number of hydrogen-bond donors (Lipinski definition) is 2. The fourth-order valence-electron chi connectivity index (χ4n) is 2.04. The first kappa shape index (κ1) is 16.7. The molecule has 0 saturated carbocycles. The van der Waals surface area contributed by atoms with E-state index in [1.165, 1.54) is 4.90 Å². The number of aliphatic carboxylic acids is 1. The molecule has 1 heterocycles. The van der Waals surface area contributed by atoms with Crippen molar-refractivity contribution in [2.24, 2.45) is 5.92 Å². The lowest BCUT2D eigenvalue weighted by Gasteiger charge is -2.28. The molecule has 1 rings (SSSR count). The van der Waals surface area contributed by atoms with Gasteiger partial charge in [-0.2, -0.15) is 13.2 Å². The van der Waals surface area contributed by atoms with E-state index in [9.17, 15) is 22.8 Å². The highest BCUT2D eigenvalue weighted by Crippen LogP contribution is 2.20. The monoisotopic (exact) mass is 298 g/mol. The number of carboxylic acid groups (broad SMARTS) is 1. The molecular formula is C11H17F3N2O4. The number of halogens is 3. The predicted octanol–water partition coefficient (Wildman–Crippen LogP) is 0.0864. The SMILES string of the molecule is CCN(CC(=O)NCC(F)(F)F)C1COCC1C(=O)O. The molecule has 0 aromatic rings. The van der Waals surface area contributed by atoms with Crippen LogP contribution >= 0.6 is 0 Å². The van der Waals surface area contributed by atoms with E-state index in [4.69, 9.17) is 9.84 Å². The summed E-state index contributed by atoms with van der Waals surface area (Å²) in [5.41, 5.74) is 0. The third-order valence-electron chi connectivity index (χ3n) is 3.08. The van der Waals surface area contributed by atoms with E-state index >= 15 is 0 Å². The minimum absolute atomic E-state index is 0.0423. The summed E-state index contributed by atoms with van der Waals surface area (Å²) in [5, 5.41) is 10.8. The predicted molar refractivity (Wildman–Crippen MR) is 62.0 cm³/mol. The van der Waals surface area contributed by atoms with Crippen molar-refractivity contribution in [2.45, 2.75) is 19.1 Å². The smallest absolute Gasteiger partial charge is 0.405 e. The molecule has 0 spiro atoms. The maximum atomic E-state index is 12.0. The number of hydrogen-bond acceptors (Lipinski definition) is 4. The van der Waals surface area contributed by atoms with Crippen molar-refractivity contribution in [1.82, 2.24) is 10.2 Å². The average molecular weight is 298 g/mol. The van der Waals surface area contributed by atoms with Gasteiger partial charge in [0.15, 0.2) is 0 Å². The van der Waals surface area contributed by atoms with Gasteiger partial charge < -0.3 is 15.2 Å². The Labute approximate surface area is 113 Å². The molecule has 20 heavy (non-hydrogen) atoms. The molecule has 0 aromatic heterocycles. The first-order valence-electron chi connectivity index (χ1n) is 6.12. The number of rotatable bonds is 6. The maximum absolute atomic E-state index is 12.0. The molecule has 0 bridgehead atoms. The summed E-state index contributed by atoms with van der Waals surface area (Å²) in [5.74, 6) is -2.60. The quantitative estimate of drug-likeness (QED) is 0.726. The number of amides is 1. The summed E-state index contributed by atoms with van der Waals surface area (Å²) in [6, 6.07) is -0.505. The van der Waals surface area contributed by atoms with E-state index in [2.05, 4.69) is 0 Å². The molecule has 1 saturated heterocycles. The van der Waals surface area contributed by atoms with Crippen LogP contribution in [-0.2, 0) is 14.3 Å². The van der Waals surface area contributed by atoms with Crippen molar-refractivity contribution in [2.75, 3.05) is 32.8 Å². The summed E-state index contributed by atoms with van der Waals surface area (Å²) in [6.07, 6.45) is -4.47. The number of nitrogens with one attached hydrogen (secondary N) is 1. The fraction of sp³-hybridized carbons (Fsp3) is 0.818. The molecule has 6 nitrogen and oxygen atoms in total. The minimum Gasteiger partial charge on any atom is -0.481 e. The molecule has 1 aliphatic rings. The fourth-order valence-corrected chi connectivity index (χ4v) is 2.04. The van der Waals surface area contributed by atoms with Crippen molar-refractivity contribution in [3.05, 3.63) is 0 Å². The molecular weight excluding hydrogens is 281 g/mol. The van der Waals surface area contributed by atoms with Crippen LogP contribution in [0.15, 0.2) is 0 Å². The molecule has 0 aliphatic carbocycles. The van der Waals surface area contributed by atoms with Crippen LogP contribution in [0.5, 0.6) is 0 Å². The number of carbonyl (C=O) groups is 2. The number of likely N-dealkylation sites (N-methyl/N-ethyl adjacent to an activating group) is 1. The van der Waals surface area contributed by atoms with E-state index in [1.54, 1.807) is 12.2 Å². The molecule has 116 valence electrons. The molecule has 1 amide bonds. The van der Waals surface area contributed by atoms with Gasteiger partial charge in [-0.3, -0.25) is 14.5 Å². The average Bonchev–Trinajstić information content (AvgIpc) is 2.81. The normalized spacial score (nSPS) is 23.1. The number of carboxylic acids is 1. The second-order valence-corrected chi connectivity index (χ2v) is 4.50. The molecule has 1 fully saturated rings. The number of ether oxygens (including phenoxy) is 1. The van der Waals surface area contributed by atoms with Crippen molar-refractivity contribution >= 4 is 11.9 Å². The summed E-state index contributed by atoms with van der Waals surface area (Å²) in [4.78, 5) is 24.0. The summed E-state index contributed by atoms with van der Waals surface area (Å²) < 4.78 is 41.0. The van der Waals surface area contributed by atoms with Gasteiger partial charge >= 0.3 is 12.1 Å². The first-order chi connectivity index (χ1) is 9.24. The lowest BCUT2D eigenvalue weighted by Crippen LogP contribution is -2.48. The molecule has 2 atom stereocenters.